The molecule has 0 aromatic heterocycles. The van der Waals surface area contributed by atoms with Crippen molar-refractivity contribution in [3.63, 3.8) is 0 Å². The van der Waals surface area contributed by atoms with Gasteiger partial charge < -0.3 is 10.4 Å². The molecule has 0 aromatic rings. The molecule has 4 heteroatoms. The van der Waals surface area contributed by atoms with Crippen molar-refractivity contribution >= 4 is 11.7 Å². The van der Waals surface area contributed by atoms with Crippen LogP contribution in [0.15, 0.2) is 23.3 Å². The number of rotatable bonds is 3. The van der Waals surface area contributed by atoms with Gasteiger partial charge in [-0.2, -0.15) is 0 Å². The fourth-order valence-corrected chi connectivity index (χ4v) is 5.93. The van der Waals surface area contributed by atoms with Gasteiger partial charge in [0.25, 0.3) is 0 Å². The number of nitrogens with one attached hydrogen (secondary N) is 1. The molecule has 0 aromatic carbocycles. The average Bonchev–Trinajstić information content (AvgIpc) is 2.54. The second-order valence-electron chi connectivity index (χ2n) is 9.53. The van der Waals surface area contributed by atoms with E-state index in [0.717, 1.165) is 36.8 Å². The van der Waals surface area contributed by atoms with Gasteiger partial charge in [0.1, 0.15) is 5.60 Å². The molecule has 4 unspecified atom stereocenters. The molecule has 3 aliphatic carbocycles. The number of allylic oxidation sites excluding steroid dienone is 2. The van der Waals surface area contributed by atoms with E-state index in [0.29, 0.717) is 18.9 Å². The fourth-order valence-electron chi connectivity index (χ4n) is 5.93. The van der Waals surface area contributed by atoms with E-state index in [4.69, 9.17) is 0 Å². The van der Waals surface area contributed by atoms with Crippen LogP contribution in [0.3, 0.4) is 0 Å². The van der Waals surface area contributed by atoms with Crippen molar-refractivity contribution in [1.29, 1.82) is 0 Å². The summed E-state index contributed by atoms with van der Waals surface area (Å²) in [5.74, 6) is 0.522. The van der Waals surface area contributed by atoms with E-state index in [1.807, 2.05) is 19.9 Å². The number of hydrogen-bond acceptors (Lipinski definition) is 3. The molecular formula is C22H33NO3. The van der Waals surface area contributed by atoms with Crippen molar-refractivity contribution in [2.24, 2.45) is 22.7 Å². The zero-order chi connectivity index (χ0) is 19.3. The van der Waals surface area contributed by atoms with Gasteiger partial charge in [0.05, 0.1) is 0 Å². The summed E-state index contributed by atoms with van der Waals surface area (Å²) >= 11 is 0. The van der Waals surface area contributed by atoms with E-state index in [1.54, 1.807) is 13.0 Å². The zero-order valence-corrected chi connectivity index (χ0v) is 16.8. The van der Waals surface area contributed by atoms with Crippen LogP contribution in [0, 0.1) is 22.7 Å². The largest absolute Gasteiger partial charge is 0.381 e. The molecule has 0 bridgehead atoms. The molecule has 0 aliphatic heterocycles. The number of hydrogen-bond donors (Lipinski definition) is 2. The first-order valence-electron chi connectivity index (χ1n) is 9.98. The highest BCUT2D eigenvalue weighted by Gasteiger charge is 2.58. The van der Waals surface area contributed by atoms with E-state index in [2.05, 4.69) is 19.2 Å². The molecule has 0 heterocycles. The van der Waals surface area contributed by atoms with Gasteiger partial charge in [0.2, 0.25) is 5.91 Å². The topological polar surface area (TPSA) is 66.4 Å². The number of carbonyl (C=O) groups is 2. The number of fused-ring (bicyclic) bond motifs is 3. The van der Waals surface area contributed by atoms with Crippen LogP contribution in [0.2, 0.25) is 0 Å². The molecular weight excluding hydrogens is 326 g/mol. The van der Waals surface area contributed by atoms with Crippen LogP contribution in [-0.4, -0.2) is 28.9 Å². The highest BCUT2D eigenvalue weighted by molar-refractivity contribution is 6.06. The SMILES string of the molecule is CC(=O)NCC1(C)CCCC2(C)C3=CC(=O)C(C(C)C)=CC3(O)CCC12. The molecule has 3 rings (SSSR count). The Balaban J connectivity index is 1.99. The summed E-state index contributed by atoms with van der Waals surface area (Å²) in [4.78, 5) is 24.2. The average molecular weight is 360 g/mol. The Labute approximate surface area is 157 Å². The van der Waals surface area contributed by atoms with E-state index in [9.17, 15) is 14.7 Å². The molecule has 0 radical (unpaired) electrons. The molecule has 0 spiro atoms. The molecule has 144 valence electrons. The predicted molar refractivity (Wildman–Crippen MR) is 102 cm³/mol. The van der Waals surface area contributed by atoms with E-state index >= 15 is 0 Å². The third-order valence-corrected chi connectivity index (χ3v) is 7.27. The van der Waals surface area contributed by atoms with E-state index < -0.39 is 5.60 Å². The monoisotopic (exact) mass is 359 g/mol. The number of carbonyl (C=O) groups excluding carboxylic acids is 2. The van der Waals surface area contributed by atoms with E-state index in [-0.39, 0.29) is 28.4 Å². The Bertz CT molecular complexity index is 692. The van der Waals surface area contributed by atoms with Crippen molar-refractivity contribution in [2.75, 3.05) is 6.54 Å². The first-order valence-corrected chi connectivity index (χ1v) is 9.98. The molecule has 1 amide bonds. The first kappa shape index (κ1) is 19.3. The summed E-state index contributed by atoms with van der Waals surface area (Å²) in [5, 5.41) is 14.5. The maximum absolute atomic E-state index is 12.7. The van der Waals surface area contributed by atoms with Gasteiger partial charge in [-0.15, -0.1) is 0 Å². The number of aliphatic hydroxyl groups is 1. The van der Waals surface area contributed by atoms with Gasteiger partial charge in [-0.3, -0.25) is 9.59 Å². The Kier molecular flexibility index (Phi) is 4.71. The lowest BCUT2D eigenvalue weighted by atomic mass is 9.46. The third kappa shape index (κ3) is 2.96. The first-order chi connectivity index (χ1) is 12.0. The van der Waals surface area contributed by atoms with Crippen LogP contribution >= 0.6 is 0 Å². The van der Waals surface area contributed by atoms with Crippen LogP contribution in [0.5, 0.6) is 0 Å². The van der Waals surface area contributed by atoms with Crippen LogP contribution in [0.1, 0.15) is 66.7 Å². The number of amides is 1. The maximum Gasteiger partial charge on any atom is 0.216 e. The lowest BCUT2D eigenvalue weighted by Gasteiger charge is -2.59. The minimum absolute atomic E-state index is 0.00221. The summed E-state index contributed by atoms with van der Waals surface area (Å²) in [5.41, 5.74) is 0.434. The van der Waals surface area contributed by atoms with Crippen molar-refractivity contribution < 1.29 is 14.7 Å². The lowest BCUT2D eigenvalue weighted by Crippen LogP contribution is -2.57. The highest BCUT2D eigenvalue weighted by Crippen LogP contribution is 2.62. The zero-order valence-electron chi connectivity index (χ0n) is 16.8. The van der Waals surface area contributed by atoms with Gasteiger partial charge in [0, 0.05) is 19.0 Å². The van der Waals surface area contributed by atoms with Crippen LogP contribution < -0.4 is 5.32 Å². The number of ketones is 1. The quantitative estimate of drug-likeness (QED) is 0.810. The van der Waals surface area contributed by atoms with Crippen LogP contribution in [-0.2, 0) is 9.59 Å². The molecule has 3 aliphatic rings. The predicted octanol–water partition coefficient (Wildman–Crippen LogP) is 3.55. The van der Waals surface area contributed by atoms with Gasteiger partial charge in [-0.25, -0.2) is 0 Å². The van der Waals surface area contributed by atoms with Crippen LogP contribution in [0.25, 0.3) is 0 Å². The molecule has 4 nitrogen and oxygen atoms in total. The van der Waals surface area contributed by atoms with Crippen molar-refractivity contribution in [3.8, 4) is 0 Å². The Hall–Kier alpha value is -1.42. The van der Waals surface area contributed by atoms with Gasteiger partial charge in [0.15, 0.2) is 5.78 Å². The summed E-state index contributed by atoms with van der Waals surface area (Å²) in [7, 11) is 0. The Morgan fingerprint density at radius 2 is 2.00 bits per heavy atom. The maximum atomic E-state index is 12.7. The van der Waals surface area contributed by atoms with E-state index in [1.165, 1.54) is 0 Å². The minimum atomic E-state index is -0.995. The minimum Gasteiger partial charge on any atom is -0.381 e. The molecule has 26 heavy (non-hydrogen) atoms. The summed E-state index contributed by atoms with van der Waals surface area (Å²) < 4.78 is 0. The lowest BCUT2D eigenvalue weighted by molar-refractivity contribution is -0.120. The third-order valence-electron chi connectivity index (χ3n) is 7.27. The second kappa shape index (κ2) is 6.33. The van der Waals surface area contributed by atoms with Crippen molar-refractivity contribution in [3.05, 3.63) is 23.3 Å². The second-order valence-corrected chi connectivity index (χ2v) is 9.53. The molecule has 0 saturated heterocycles. The molecule has 2 saturated carbocycles. The smallest absolute Gasteiger partial charge is 0.216 e. The van der Waals surface area contributed by atoms with Crippen LogP contribution in [0.4, 0.5) is 0 Å². The van der Waals surface area contributed by atoms with Crippen molar-refractivity contribution in [2.45, 2.75) is 72.3 Å². The van der Waals surface area contributed by atoms with Crippen molar-refractivity contribution in [1.82, 2.24) is 5.32 Å². The summed E-state index contributed by atoms with van der Waals surface area (Å²) in [6.45, 7) is 10.7. The fraction of sp³-hybridized carbons (Fsp3) is 0.727. The highest BCUT2D eigenvalue weighted by atomic mass is 16.3. The molecule has 4 atom stereocenters. The Morgan fingerprint density at radius 1 is 1.31 bits per heavy atom. The Morgan fingerprint density at radius 3 is 2.62 bits per heavy atom. The van der Waals surface area contributed by atoms with Gasteiger partial charge in [-0.05, 0) is 66.1 Å². The normalized spacial score (nSPS) is 39.7. The summed E-state index contributed by atoms with van der Waals surface area (Å²) in [6.07, 6.45) is 8.25. The molecule has 2 fully saturated rings. The summed E-state index contributed by atoms with van der Waals surface area (Å²) in [6, 6.07) is 0. The standard InChI is InChI=1S/C22H33NO3/c1-14(2)16-12-22(26)10-7-18-20(4,13-23-15(3)24)8-6-9-21(18,5)19(22)11-17(16)25/h11-12,14,18,26H,6-10,13H2,1-5H3,(H,23,24). The van der Waals surface area contributed by atoms with Gasteiger partial charge in [-0.1, -0.05) is 34.1 Å². The molecule has 2 N–H and O–H groups in total. The van der Waals surface area contributed by atoms with Gasteiger partial charge >= 0.3 is 0 Å².